The number of aromatic amines is 1. The zero-order chi connectivity index (χ0) is 21.5. The van der Waals surface area contributed by atoms with Gasteiger partial charge in [0.05, 0.1) is 18.4 Å². The Morgan fingerprint density at radius 3 is 2.30 bits per heavy atom. The molecule has 0 bridgehead atoms. The van der Waals surface area contributed by atoms with Crippen molar-refractivity contribution in [1.29, 1.82) is 0 Å². The molecular formula is C21H19F2N5O2. The highest BCUT2D eigenvalue weighted by Gasteiger charge is 2.27. The maximum absolute atomic E-state index is 13.6. The van der Waals surface area contributed by atoms with E-state index in [0.29, 0.717) is 5.69 Å². The minimum atomic E-state index is -1.45. The fraction of sp³-hybridized carbons (Fsp3) is 0.190. The second-order valence-corrected chi connectivity index (χ2v) is 7.47. The van der Waals surface area contributed by atoms with Crippen molar-refractivity contribution in [3.8, 4) is 16.8 Å². The molecule has 0 unspecified atom stereocenters. The third kappa shape index (κ3) is 3.79. The Balaban J connectivity index is 1.77. The lowest BCUT2D eigenvalue weighted by Gasteiger charge is -2.17. The lowest BCUT2D eigenvalue weighted by Crippen LogP contribution is -2.29. The van der Waals surface area contributed by atoms with Gasteiger partial charge >= 0.3 is 5.69 Å². The largest absolute Gasteiger partial charge is 0.382 e. The predicted octanol–water partition coefficient (Wildman–Crippen LogP) is 2.98. The molecule has 2 heterocycles. The van der Waals surface area contributed by atoms with E-state index in [0.717, 1.165) is 34.0 Å². The van der Waals surface area contributed by atoms with Crippen molar-refractivity contribution in [1.82, 2.24) is 24.5 Å². The smallest absolute Gasteiger partial charge is 0.351 e. The summed E-state index contributed by atoms with van der Waals surface area (Å²) >= 11 is 0. The van der Waals surface area contributed by atoms with Crippen molar-refractivity contribution in [3.63, 3.8) is 0 Å². The van der Waals surface area contributed by atoms with Gasteiger partial charge in [0, 0.05) is 17.8 Å². The van der Waals surface area contributed by atoms with Gasteiger partial charge in [0.15, 0.2) is 5.82 Å². The first-order chi connectivity index (χ1) is 14.2. The number of H-pyrrole nitrogens is 1. The van der Waals surface area contributed by atoms with Crippen molar-refractivity contribution in [2.24, 2.45) is 0 Å². The van der Waals surface area contributed by atoms with Crippen molar-refractivity contribution < 1.29 is 13.9 Å². The highest BCUT2D eigenvalue weighted by molar-refractivity contribution is 5.62. The maximum Gasteiger partial charge on any atom is 0.351 e. The average Bonchev–Trinajstić information content (AvgIpc) is 3.30. The summed E-state index contributed by atoms with van der Waals surface area (Å²) in [5.74, 6) is -1.41. The van der Waals surface area contributed by atoms with Crippen LogP contribution < -0.4 is 5.69 Å². The molecule has 2 N–H and O–H groups in total. The van der Waals surface area contributed by atoms with Crippen LogP contribution in [0.5, 0.6) is 0 Å². The molecule has 0 spiro atoms. The van der Waals surface area contributed by atoms with Gasteiger partial charge in [-0.2, -0.15) is 9.78 Å². The highest BCUT2D eigenvalue weighted by Crippen LogP contribution is 2.21. The summed E-state index contributed by atoms with van der Waals surface area (Å²) < 4.78 is 29.5. The molecule has 154 valence electrons. The zero-order valence-corrected chi connectivity index (χ0v) is 16.3. The summed E-state index contributed by atoms with van der Waals surface area (Å²) in [7, 11) is 0. The topological polar surface area (TPSA) is 88.7 Å². The standard InChI is InChI=1S/C21H19F2N5O2/c1-21(2,30)19-26-28(18-5-3-14(4-6-18)15-10-24-25-11-15)20(29)27(19)12-13-7-16(22)9-17(23)8-13/h3-11,30H,12H2,1-2H3,(H,24,25). The van der Waals surface area contributed by atoms with Crippen LogP contribution >= 0.6 is 0 Å². The minimum absolute atomic E-state index is 0.0797. The molecule has 9 heteroatoms. The van der Waals surface area contributed by atoms with Gasteiger partial charge in [0.2, 0.25) is 0 Å². The molecule has 0 aliphatic heterocycles. The average molecular weight is 411 g/mol. The number of hydrogen-bond donors (Lipinski definition) is 2. The lowest BCUT2D eigenvalue weighted by molar-refractivity contribution is 0.0643. The van der Waals surface area contributed by atoms with E-state index < -0.39 is 22.9 Å². The van der Waals surface area contributed by atoms with Gasteiger partial charge in [0.25, 0.3) is 0 Å². The Labute approximate surface area is 170 Å². The van der Waals surface area contributed by atoms with E-state index in [-0.39, 0.29) is 17.9 Å². The maximum atomic E-state index is 13.6. The molecule has 7 nitrogen and oxygen atoms in total. The van der Waals surface area contributed by atoms with Gasteiger partial charge in [-0.15, -0.1) is 5.10 Å². The molecule has 2 aromatic carbocycles. The third-order valence-corrected chi connectivity index (χ3v) is 4.62. The Morgan fingerprint density at radius 1 is 1.07 bits per heavy atom. The second kappa shape index (κ2) is 7.34. The van der Waals surface area contributed by atoms with Crippen LogP contribution in [0.15, 0.2) is 59.7 Å². The van der Waals surface area contributed by atoms with Crippen molar-refractivity contribution in [3.05, 3.63) is 88.4 Å². The SMILES string of the molecule is CC(C)(O)c1nn(-c2ccc(-c3cn[nH]c3)cc2)c(=O)n1Cc1cc(F)cc(F)c1. The first-order valence-corrected chi connectivity index (χ1v) is 9.19. The number of benzene rings is 2. The van der Waals surface area contributed by atoms with Crippen molar-refractivity contribution >= 4 is 0 Å². The number of nitrogens with one attached hydrogen (secondary N) is 1. The van der Waals surface area contributed by atoms with Gasteiger partial charge in [-0.05, 0) is 49.2 Å². The van der Waals surface area contributed by atoms with Crippen LogP contribution in [0.25, 0.3) is 16.8 Å². The molecule has 0 fully saturated rings. The van der Waals surface area contributed by atoms with E-state index in [1.807, 2.05) is 12.1 Å². The fourth-order valence-corrected chi connectivity index (χ4v) is 3.25. The van der Waals surface area contributed by atoms with Gasteiger partial charge < -0.3 is 5.11 Å². The zero-order valence-electron chi connectivity index (χ0n) is 16.3. The van der Waals surface area contributed by atoms with Crippen LogP contribution in [0.4, 0.5) is 8.78 Å². The Bertz CT molecular complexity index is 1220. The lowest BCUT2D eigenvalue weighted by atomic mass is 10.1. The van der Waals surface area contributed by atoms with Crippen LogP contribution in [-0.2, 0) is 12.1 Å². The third-order valence-electron chi connectivity index (χ3n) is 4.62. The first kappa shape index (κ1) is 19.7. The summed E-state index contributed by atoms with van der Waals surface area (Å²) in [5, 5.41) is 21.5. The van der Waals surface area contributed by atoms with Crippen LogP contribution in [0.1, 0.15) is 25.2 Å². The Morgan fingerprint density at radius 2 is 1.73 bits per heavy atom. The van der Waals surface area contributed by atoms with Crippen LogP contribution in [0.3, 0.4) is 0 Å². The van der Waals surface area contributed by atoms with Gasteiger partial charge in [0.1, 0.15) is 17.2 Å². The molecule has 0 aliphatic rings. The Hall–Kier alpha value is -3.59. The van der Waals surface area contributed by atoms with Crippen LogP contribution in [0, 0.1) is 11.6 Å². The predicted molar refractivity (Wildman–Crippen MR) is 106 cm³/mol. The van der Waals surface area contributed by atoms with E-state index in [1.165, 1.54) is 18.4 Å². The Kier molecular flexibility index (Phi) is 4.83. The molecular weight excluding hydrogens is 392 g/mol. The molecule has 0 saturated heterocycles. The quantitative estimate of drug-likeness (QED) is 0.529. The van der Waals surface area contributed by atoms with Gasteiger partial charge in [-0.1, -0.05) is 12.1 Å². The summed E-state index contributed by atoms with van der Waals surface area (Å²) in [6.07, 6.45) is 3.43. The molecule has 4 rings (SSSR count). The molecule has 4 aromatic rings. The van der Waals surface area contributed by atoms with Gasteiger partial charge in [-0.3, -0.25) is 9.67 Å². The second-order valence-electron chi connectivity index (χ2n) is 7.47. The highest BCUT2D eigenvalue weighted by atomic mass is 19.1. The monoisotopic (exact) mass is 411 g/mol. The fourth-order valence-electron chi connectivity index (χ4n) is 3.25. The normalized spacial score (nSPS) is 11.8. The number of nitrogens with zero attached hydrogens (tertiary/aromatic N) is 4. The molecule has 30 heavy (non-hydrogen) atoms. The van der Waals surface area contributed by atoms with E-state index in [4.69, 9.17) is 0 Å². The summed E-state index contributed by atoms with van der Waals surface area (Å²) in [4.78, 5) is 13.1. The molecule has 2 aromatic heterocycles. The molecule has 0 saturated carbocycles. The van der Waals surface area contributed by atoms with E-state index >= 15 is 0 Å². The molecule has 0 atom stereocenters. The van der Waals surface area contributed by atoms with Crippen LogP contribution in [-0.4, -0.2) is 29.7 Å². The number of rotatable bonds is 5. The summed E-state index contributed by atoms with van der Waals surface area (Å²) in [5.41, 5.74) is 0.542. The first-order valence-electron chi connectivity index (χ1n) is 9.19. The number of halogens is 2. The van der Waals surface area contributed by atoms with E-state index in [1.54, 1.807) is 24.5 Å². The van der Waals surface area contributed by atoms with Crippen molar-refractivity contribution in [2.75, 3.05) is 0 Å². The van der Waals surface area contributed by atoms with Crippen molar-refractivity contribution in [2.45, 2.75) is 26.0 Å². The number of aromatic nitrogens is 5. The molecule has 0 amide bonds. The summed E-state index contributed by atoms with van der Waals surface area (Å²) in [6, 6.07) is 10.1. The van der Waals surface area contributed by atoms with E-state index in [2.05, 4.69) is 15.3 Å². The van der Waals surface area contributed by atoms with Crippen LogP contribution in [0.2, 0.25) is 0 Å². The van der Waals surface area contributed by atoms with Gasteiger partial charge in [-0.25, -0.2) is 13.6 Å². The number of aliphatic hydroxyl groups is 1. The summed E-state index contributed by atoms with van der Waals surface area (Å²) in [6.45, 7) is 2.84. The molecule has 0 radical (unpaired) electrons. The minimum Gasteiger partial charge on any atom is -0.382 e. The molecule has 0 aliphatic carbocycles. The van der Waals surface area contributed by atoms with E-state index in [9.17, 15) is 18.7 Å². The number of hydrogen-bond acceptors (Lipinski definition) is 4.